The van der Waals surface area contributed by atoms with Crippen molar-refractivity contribution in [3.05, 3.63) is 41.9 Å². The summed E-state index contributed by atoms with van der Waals surface area (Å²) in [7, 11) is 0. The van der Waals surface area contributed by atoms with Crippen LogP contribution in [0.2, 0.25) is 0 Å². The minimum atomic E-state index is 0.579. The van der Waals surface area contributed by atoms with Crippen LogP contribution in [0.4, 0.5) is 0 Å². The molecule has 2 heterocycles. The molecule has 0 spiro atoms. The minimum Gasteiger partial charge on any atom is -0.464 e. The average molecular weight is 229 g/mol. The maximum absolute atomic E-state index is 5.45. The van der Waals surface area contributed by atoms with Gasteiger partial charge < -0.3 is 9.73 Å². The lowest BCUT2D eigenvalue weighted by atomic mass is 10.2. The second-order valence-electron chi connectivity index (χ2n) is 3.69. The lowest BCUT2D eigenvalue weighted by Gasteiger charge is -1.99. The van der Waals surface area contributed by atoms with E-state index in [1.54, 1.807) is 6.26 Å². The van der Waals surface area contributed by atoms with Crippen LogP contribution in [0.5, 0.6) is 0 Å². The number of hydrogen-bond donors (Lipinski definition) is 2. The van der Waals surface area contributed by atoms with Crippen molar-refractivity contribution in [3.8, 4) is 0 Å². The average Bonchev–Trinajstić information content (AvgIpc) is 2.99. The molecule has 6 nitrogen and oxygen atoms in total. The highest BCUT2D eigenvalue weighted by Crippen LogP contribution is 2.20. The molecule has 0 aliphatic heterocycles. The molecule has 2 aromatic heterocycles. The molecule has 0 unspecified atom stereocenters. The highest BCUT2D eigenvalue weighted by atomic mass is 16.3. The first-order chi connectivity index (χ1) is 8.43. The van der Waals surface area contributed by atoms with E-state index in [2.05, 4.69) is 25.9 Å². The summed E-state index contributed by atoms with van der Waals surface area (Å²) < 4.78 is 5.45. The zero-order valence-corrected chi connectivity index (χ0v) is 9.05. The summed E-state index contributed by atoms with van der Waals surface area (Å²) in [6, 6.07) is 7.96. The van der Waals surface area contributed by atoms with E-state index in [4.69, 9.17) is 4.42 Å². The number of aromatic amines is 1. The van der Waals surface area contributed by atoms with Crippen molar-refractivity contribution < 1.29 is 4.42 Å². The van der Waals surface area contributed by atoms with Gasteiger partial charge >= 0.3 is 0 Å². The number of para-hydroxylation sites is 1. The van der Waals surface area contributed by atoms with Crippen LogP contribution in [0.25, 0.3) is 11.0 Å². The van der Waals surface area contributed by atoms with Gasteiger partial charge in [-0.1, -0.05) is 23.4 Å². The van der Waals surface area contributed by atoms with E-state index < -0.39 is 0 Å². The quantitative estimate of drug-likeness (QED) is 0.703. The van der Waals surface area contributed by atoms with Gasteiger partial charge in [-0.05, 0) is 6.07 Å². The fourth-order valence-electron chi connectivity index (χ4n) is 1.74. The Morgan fingerprint density at radius 3 is 3.06 bits per heavy atom. The van der Waals surface area contributed by atoms with E-state index in [9.17, 15) is 0 Å². The molecule has 17 heavy (non-hydrogen) atoms. The van der Waals surface area contributed by atoms with Gasteiger partial charge in [0.15, 0.2) is 5.82 Å². The second-order valence-corrected chi connectivity index (χ2v) is 3.69. The molecule has 0 amide bonds. The van der Waals surface area contributed by atoms with E-state index >= 15 is 0 Å². The SMILES string of the molecule is c1ccc2c(CNCc3nn[nH]n3)coc2c1. The topological polar surface area (TPSA) is 79.6 Å². The molecule has 0 aliphatic carbocycles. The number of nitrogens with one attached hydrogen (secondary N) is 2. The zero-order valence-electron chi connectivity index (χ0n) is 9.05. The first kappa shape index (κ1) is 9.98. The monoisotopic (exact) mass is 229 g/mol. The van der Waals surface area contributed by atoms with Crippen LogP contribution in [0, 0.1) is 0 Å². The van der Waals surface area contributed by atoms with E-state index in [0.29, 0.717) is 18.9 Å². The Balaban J connectivity index is 1.69. The molecule has 0 radical (unpaired) electrons. The number of furan rings is 1. The Labute approximate surface area is 97.0 Å². The van der Waals surface area contributed by atoms with Gasteiger partial charge in [0.1, 0.15) is 5.58 Å². The van der Waals surface area contributed by atoms with Crippen LogP contribution >= 0.6 is 0 Å². The predicted molar refractivity (Wildman–Crippen MR) is 60.9 cm³/mol. The summed E-state index contributed by atoms with van der Waals surface area (Å²) >= 11 is 0. The minimum absolute atomic E-state index is 0.579. The van der Waals surface area contributed by atoms with Crippen molar-refractivity contribution in [2.24, 2.45) is 0 Å². The summed E-state index contributed by atoms with van der Waals surface area (Å²) in [5, 5.41) is 18.0. The molecule has 0 bridgehead atoms. The van der Waals surface area contributed by atoms with Gasteiger partial charge in [0.25, 0.3) is 0 Å². The number of aromatic nitrogens is 4. The summed E-state index contributed by atoms with van der Waals surface area (Å²) in [5.74, 6) is 0.651. The Morgan fingerprint density at radius 2 is 2.18 bits per heavy atom. The highest BCUT2D eigenvalue weighted by molar-refractivity contribution is 5.80. The van der Waals surface area contributed by atoms with Gasteiger partial charge in [-0.25, -0.2) is 0 Å². The van der Waals surface area contributed by atoms with Crippen LogP contribution < -0.4 is 5.32 Å². The summed E-state index contributed by atoms with van der Waals surface area (Å²) in [4.78, 5) is 0. The molecule has 3 aromatic rings. The Kier molecular flexibility index (Phi) is 2.55. The fraction of sp³-hybridized carbons (Fsp3) is 0.182. The Hall–Kier alpha value is -2.21. The first-order valence-corrected chi connectivity index (χ1v) is 5.31. The van der Waals surface area contributed by atoms with Crippen molar-refractivity contribution in [2.45, 2.75) is 13.1 Å². The molecule has 86 valence electrons. The van der Waals surface area contributed by atoms with Gasteiger partial charge in [0.05, 0.1) is 12.8 Å². The van der Waals surface area contributed by atoms with Gasteiger partial charge in [-0.15, -0.1) is 10.2 Å². The number of fused-ring (bicyclic) bond motifs is 1. The molecular weight excluding hydrogens is 218 g/mol. The molecule has 1 aromatic carbocycles. The van der Waals surface area contributed by atoms with E-state index in [1.165, 1.54) is 0 Å². The maximum Gasteiger partial charge on any atom is 0.188 e. The standard InChI is InChI=1S/C11H11N5O/c1-2-4-10-9(3-1)8(7-17-10)5-12-6-11-13-15-16-14-11/h1-4,7,12H,5-6H2,(H,13,14,15,16). The van der Waals surface area contributed by atoms with Crippen molar-refractivity contribution in [1.29, 1.82) is 0 Å². The van der Waals surface area contributed by atoms with Gasteiger partial charge in [0.2, 0.25) is 0 Å². The van der Waals surface area contributed by atoms with Crippen LogP contribution in [0.3, 0.4) is 0 Å². The summed E-state index contributed by atoms with van der Waals surface area (Å²) in [6.45, 7) is 1.29. The molecule has 0 fully saturated rings. The van der Waals surface area contributed by atoms with Crippen LogP contribution in [0.1, 0.15) is 11.4 Å². The van der Waals surface area contributed by atoms with Crippen molar-refractivity contribution in [3.63, 3.8) is 0 Å². The number of H-pyrrole nitrogens is 1. The molecule has 6 heteroatoms. The fourth-order valence-corrected chi connectivity index (χ4v) is 1.74. The highest BCUT2D eigenvalue weighted by Gasteiger charge is 2.04. The predicted octanol–water partition coefficient (Wildman–Crippen LogP) is 1.24. The largest absolute Gasteiger partial charge is 0.464 e. The first-order valence-electron chi connectivity index (χ1n) is 5.31. The normalized spacial score (nSPS) is 11.1. The number of rotatable bonds is 4. The van der Waals surface area contributed by atoms with Crippen LogP contribution in [-0.2, 0) is 13.1 Å². The third-order valence-electron chi connectivity index (χ3n) is 2.55. The van der Waals surface area contributed by atoms with Crippen molar-refractivity contribution >= 4 is 11.0 Å². The van der Waals surface area contributed by atoms with Gasteiger partial charge in [0, 0.05) is 17.5 Å². The van der Waals surface area contributed by atoms with E-state index in [0.717, 1.165) is 16.5 Å². The number of nitrogens with zero attached hydrogens (tertiary/aromatic N) is 3. The van der Waals surface area contributed by atoms with Crippen molar-refractivity contribution in [1.82, 2.24) is 25.9 Å². The second kappa shape index (κ2) is 4.34. The van der Waals surface area contributed by atoms with E-state index in [-0.39, 0.29) is 0 Å². The lowest BCUT2D eigenvalue weighted by molar-refractivity contribution is 0.599. The lowest BCUT2D eigenvalue weighted by Crippen LogP contribution is -2.13. The number of tetrazole rings is 1. The smallest absolute Gasteiger partial charge is 0.188 e. The summed E-state index contributed by atoms with van der Waals surface area (Å²) in [5.41, 5.74) is 2.04. The van der Waals surface area contributed by atoms with Crippen LogP contribution in [-0.4, -0.2) is 20.6 Å². The Bertz CT molecular complexity index is 601. The molecular formula is C11H11N5O. The maximum atomic E-state index is 5.45. The van der Waals surface area contributed by atoms with Crippen LogP contribution in [0.15, 0.2) is 34.9 Å². The number of hydrogen-bond acceptors (Lipinski definition) is 5. The zero-order chi connectivity index (χ0) is 11.5. The molecule has 0 saturated heterocycles. The Morgan fingerprint density at radius 1 is 1.24 bits per heavy atom. The van der Waals surface area contributed by atoms with E-state index in [1.807, 2.05) is 24.3 Å². The van der Waals surface area contributed by atoms with Gasteiger partial charge in [-0.2, -0.15) is 5.21 Å². The molecule has 3 rings (SSSR count). The van der Waals surface area contributed by atoms with Crippen molar-refractivity contribution in [2.75, 3.05) is 0 Å². The summed E-state index contributed by atoms with van der Waals surface area (Å²) in [6.07, 6.45) is 1.77. The molecule has 0 atom stereocenters. The third kappa shape index (κ3) is 2.02. The number of benzene rings is 1. The molecule has 2 N–H and O–H groups in total. The third-order valence-corrected chi connectivity index (χ3v) is 2.55. The molecule has 0 saturated carbocycles. The molecule has 0 aliphatic rings. The van der Waals surface area contributed by atoms with Gasteiger partial charge in [-0.3, -0.25) is 0 Å².